The molecule has 0 aromatic heterocycles. The summed E-state index contributed by atoms with van der Waals surface area (Å²) < 4.78 is 5.74. The molecule has 0 saturated heterocycles. The van der Waals surface area contributed by atoms with E-state index in [1.54, 1.807) is 6.21 Å². The fraction of sp³-hybridized carbons (Fsp3) is 0.600. The van der Waals surface area contributed by atoms with E-state index in [1.807, 2.05) is 24.3 Å². The first-order valence-electron chi connectivity index (χ1n) is 9.60. The molecule has 1 aliphatic carbocycles. The highest BCUT2D eigenvalue weighted by atomic mass is 32.1. The zero-order valence-electron chi connectivity index (χ0n) is 15.3. The van der Waals surface area contributed by atoms with Gasteiger partial charge in [-0.3, -0.25) is 5.43 Å². The van der Waals surface area contributed by atoms with Crippen molar-refractivity contribution >= 4 is 23.5 Å². The van der Waals surface area contributed by atoms with Crippen molar-refractivity contribution in [2.24, 2.45) is 5.10 Å². The van der Waals surface area contributed by atoms with Crippen LogP contribution in [0.2, 0.25) is 0 Å². The van der Waals surface area contributed by atoms with Gasteiger partial charge < -0.3 is 10.1 Å². The van der Waals surface area contributed by atoms with Crippen molar-refractivity contribution < 1.29 is 4.74 Å². The summed E-state index contributed by atoms with van der Waals surface area (Å²) in [5.41, 5.74) is 3.93. The van der Waals surface area contributed by atoms with Crippen molar-refractivity contribution in [3.8, 4) is 5.75 Å². The van der Waals surface area contributed by atoms with E-state index < -0.39 is 0 Å². The average molecular weight is 362 g/mol. The van der Waals surface area contributed by atoms with Crippen LogP contribution in [0.4, 0.5) is 0 Å². The zero-order chi connectivity index (χ0) is 17.7. The minimum atomic E-state index is 0.498. The van der Waals surface area contributed by atoms with Gasteiger partial charge in [-0.15, -0.1) is 0 Å². The van der Waals surface area contributed by atoms with Gasteiger partial charge in [0.25, 0.3) is 0 Å². The highest BCUT2D eigenvalue weighted by Crippen LogP contribution is 2.17. The normalized spacial score (nSPS) is 15.2. The van der Waals surface area contributed by atoms with Crippen LogP contribution in [0.1, 0.15) is 70.3 Å². The number of hydrazone groups is 1. The molecule has 1 saturated carbocycles. The lowest BCUT2D eigenvalue weighted by atomic mass is 9.96. The summed E-state index contributed by atoms with van der Waals surface area (Å²) in [6, 6.07) is 8.48. The summed E-state index contributed by atoms with van der Waals surface area (Å²) in [5.74, 6) is 0.913. The minimum absolute atomic E-state index is 0.498. The number of rotatable bonds is 9. The lowest BCUT2D eigenvalue weighted by Gasteiger charge is -2.23. The Bertz CT molecular complexity index is 524. The van der Waals surface area contributed by atoms with Crippen LogP contribution in [0.3, 0.4) is 0 Å². The van der Waals surface area contributed by atoms with Gasteiger partial charge in [0, 0.05) is 6.04 Å². The monoisotopic (exact) mass is 361 g/mol. The summed E-state index contributed by atoms with van der Waals surface area (Å²) in [6.07, 6.45) is 13.0. The number of ether oxygens (including phenoxy) is 1. The predicted molar refractivity (Wildman–Crippen MR) is 109 cm³/mol. The van der Waals surface area contributed by atoms with Gasteiger partial charge in [-0.2, -0.15) is 5.10 Å². The molecule has 138 valence electrons. The summed E-state index contributed by atoms with van der Waals surface area (Å²) in [7, 11) is 0. The second-order valence-electron chi connectivity index (χ2n) is 6.66. The molecular formula is C20H31N3OS. The van der Waals surface area contributed by atoms with Crippen molar-refractivity contribution in [3.63, 3.8) is 0 Å². The van der Waals surface area contributed by atoms with Crippen LogP contribution in [-0.4, -0.2) is 24.0 Å². The largest absolute Gasteiger partial charge is 0.494 e. The molecule has 0 spiro atoms. The standard InChI is InChI=1S/C20H31N3OS/c1-2-3-4-8-15-24-19-13-11-17(12-14-19)16-21-23-20(25)22-18-9-6-5-7-10-18/h11-14,16,18H,2-10,15H2,1H3,(H2,22,23,25)/b21-16+. The van der Waals surface area contributed by atoms with Gasteiger partial charge in [0.1, 0.15) is 5.75 Å². The van der Waals surface area contributed by atoms with E-state index in [0.29, 0.717) is 11.2 Å². The van der Waals surface area contributed by atoms with Crippen molar-refractivity contribution in [1.82, 2.24) is 10.7 Å². The smallest absolute Gasteiger partial charge is 0.187 e. The van der Waals surface area contributed by atoms with E-state index in [0.717, 1.165) is 24.3 Å². The molecule has 1 aliphatic rings. The Morgan fingerprint density at radius 1 is 1.16 bits per heavy atom. The van der Waals surface area contributed by atoms with Gasteiger partial charge in [0.05, 0.1) is 12.8 Å². The zero-order valence-corrected chi connectivity index (χ0v) is 16.1. The van der Waals surface area contributed by atoms with Gasteiger partial charge in [0.15, 0.2) is 5.11 Å². The molecule has 0 amide bonds. The third-order valence-electron chi connectivity index (χ3n) is 4.47. The first kappa shape index (κ1) is 19.7. The average Bonchev–Trinajstić information content (AvgIpc) is 2.63. The molecule has 1 aromatic carbocycles. The molecule has 0 atom stereocenters. The SMILES string of the molecule is CCCCCCOc1ccc(/C=N/NC(=S)NC2CCCCC2)cc1. The van der Waals surface area contributed by atoms with E-state index in [1.165, 1.54) is 51.4 Å². The Morgan fingerprint density at radius 2 is 1.92 bits per heavy atom. The Balaban J connectivity index is 1.65. The molecule has 0 radical (unpaired) electrons. The predicted octanol–water partition coefficient (Wildman–Crippen LogP) is 4.78. The van der Waals surface area contributed by atoms with Crippen LogP contribution in [0.15, 0.2) is 29.4 Å². The second-order valence-corrected chi connectivity index (χ2v) is 7.06. The quantitative estimate of drug-likeness (QED) is 0.288. The third kappa shape index (κ3) is 8.34. The van der Waals surface area contributed by atoms with Crippen LogP contribution >= 0.6 is 12.2 Å². The summed E-state index contributed by atoms with van der Waals surface area (Å²) in [6.45, 7) is 3.00. The van der Waals surface area contributed by atoms with E-state index in [-0.39, 0.29) is 0 Å². The molecule has 5 heteroatoms. The van der Waals surface area contributed by atoms with Crippen LogP contribution in [0.25, 0.3) is 0 Å². The lowest BCUT2D eigenvalue weighted by molar-refractivity contribution is 0.305. The molecule has 0 bridgehead atoms. The molecule has 4 nitrogen and oxygen atoms in total. The summed E-state index contributed by atoms with van der Waals surface area (Å²) in [4.78, 5) is 0. The highest BCUT2D eigenvalue weighted by Gasteiger charge is 2.13. The van der Waals surface area contributed by atoms with Gasteiger partial charge in [0.2, 0.25) is 0 Å². The van der Waals surface area contributed by atoms with Gasteiger partial charge in [-0.05, 0) is 61.3 Å². The molecule has 2 N–H and O–H groups in total. The van der Waals surface area contributed by atoms with Crippen molar-refractivity contribution in [3.05, 3.63) is 29.8 Å². The first-order valence-corrected chi connectivity index (χ1v) is 10.0. The lowest BCUT2D eigenvalue weighted by Crippen LogP contribution is -2.40. The molecule has 0 unspecified atom stereocenters. The number of unbranched alkanes of at least 4 members (excludes halogenated alkanes) is 3. The topological polar surface area (TPSA) is 45.6 Å². The summed E-state index contributed by atoms with van der Waals surface area (Å²) >= 11 is 5.29. The molecule has 2 rings (SSSR count). The van der Waals surface area contributed by atoms with Crippen LogP contribution in [0.5, 0.6) is 5.75 Å². The van der Waals surface area contributed by atoms with Gasteiger partial charge >= 0.3 is 0 Å². The fourth-order valence-corrected chi connectivity index (χ4v) is 3.22. The van der Waals surface area contributed by atoms with E-state index in [2.05, 4.69) is 22.8 Å². The van der Waals surface area contributed by atoms with Gasteiger partial charge in [-0.25, -0.2) is 0 Å². The number of hydrogen-bond donors (Lipinski definition) is 2. The van der Waals surface area contributed by atoms with E-state index in [4.69, 9.17) is 17.0 Å². The van der Waals surface area contributed by atoms with Crippen LogP contribution in [0, 0.1) is 0 Å². The van der Waals surface area contributed by atoms with Gasteiger partial charge in [-0.1, -0.05) is 45.4 Å². The van der Waals surface area contributed by atoms with E-state index in [9.17, 15) is 0 Å². The molecule has 1 fully saturated rings. The maximum Gasteiger partial charge on any atom is 0.187 e. The van der Waals surface area contributed by atoms with Crippen molar-refractivity contribution in [2.45, 2.75) is 70.8 Å². The van der Waals surface area contributed by atoms with Crippen LogP contribution in [-0.2, 0) is 0 Å². The minimum Gasteiger partial charge on any atom is -0.494 e. The second kappa shape index (κ2) is 11.9. The molecule has 25 heavy (non-hydrogen) atoms. The number of benzene rings is 1. The Morgan fingerprint density at radius 3 is 2.64 bits per heavy atom. The third-order valence-corrected chi connectivity index (χ3v) is 4.68. The van der Waals surface area contributed by atoms with E-state index >= 15 is 0 Å². The fourth-order valence-electron chi connectivity index (χ4n) is 3.00. The maximum absolute atomic E-state index is 5.74. The molecule has 0 heterocycles. The first-order chi connectivity index (χ1) is 12.3. The molecular weight excluding hydrogens is 330 g/mol. The van der Waals surface area contributed by atoms with Crippen LogP contribution < -0.4 is 15.5 Å². The Hall–Kier alpha value is -1.62. The molecule has 0 aliphatic heterocycles. The Labute approximate surface area is 157 Å². The maximum atomic E-state index is 5.74. The number of thiocarbonyl (C=S) groups is 1. The summed E-state index contributed by atoms with van der Waals surface area (Å²) in [5, 5.41) is 8.16. The number of hydrogen-bond acceptors (Lipinski definition) is 3. The van der Waals surface area contributed by atoms with Crippen molar-refractivity contribution in [1.29, 1.82) is 0 Å². The number of nitrogens with zero attached hydrogens (tertiary/aromatic N) is 1. The molecule has 1 aromatic rings. The Kier molecular flexibility index (Phi) is 9.34. The highest BCUT2D eigenvalue weighted by molar-refractivity contribution is 7.80. The number of nitrogens with one attached hydrogen (secondary N) is 2. The van der Waals surface area contributed by atoms with Crippen molar-refractivity contribution in [2.75, 3.05) is 6.61 Å².